The highest BCUT2D eigenvalue weighted by atomic mass is 32.2. The first kappa shape index (κ1) is 12.6. The Bertz CT molecular complexity index is 532. The Morgan fingerprint density at radius 3 is 2.44 bits per heavy atom. The van der Waals surface area contributed by atoms with Crippen molar-refractivity contribution < 1.29 is 4.92 Å². The molecule has 5 heteroatoms. The highest BCUT2D eigenvalue weighted by Gasteiger charge is 2.12. The van der Waals surface area contributed by atoms with Crippen LogP contribution in [0.25, 0.3) is 0 Å². The van der Waals surface area contributed by atoms with Crippen LogP contribution in [0.1, 0.15) is 5.56 Å². The standard InChI is InChI=1S/C13H12N2O2S/c16-15(17)12-8-4-5-9-13(12)18-14-10-11-6-2-1-3-7-11/h1-9,14H,10H2. The lowest BCUT2D eigenvalue weighted by Crippen LogP contribution is -2.03. The topological polar surface area (TPSA) is 55.2 Å². The Labute approximate surface area is 109 Å². The molecule has 0 saturated carbocycles. The number of hydrogen-bond acceptors (Lipinski definition) is 4. The van der Waals surface area contributed by atoms with Gasteiger partial charge in [-0.05, 0) is 23.6 Å². The van der Waals surface area contributed by atoms with Gasteiger partial charge in [0.05, 0.1) is 4.92 Å². The molecule has 0 saturated heterocycles. The molecule has 1 N–H and O–H groups in total. The van der Waals surface area contributed by atoms with Gasteiger partial charge in [0.2, 0.25) is 0 Å². The van der Waals surface area contributed by atoms with E-state index < -0.39 is 0 Å². The second-order valence-electron chi connectivity index (χ2n) is 3.63. The summed E-state index contributed by atoms with van der Waals surface area (Å²) in [5, 5.41) is 10.8. The number of para-hydroxylation sites is 1. The van der Waals surface area contributed by atoms with Crippen molar-refractivity contribution in [1.82, 2.24) is 4.72 Å². The van der Waals surface area contributed by atoms with Crippen LogP contribution in [-0.4, -0.2) is 4.92 Å². The molecule has 2 aromatic carbocycles. The summed E-state index contributed by atoms with van der Waals surface area (Å²) < 4.78 is 3.13. The Balaban J connectivity index is 1.97. The lowest BCUT2D eigenvalue weighted by Gasteiger charge is -2.04. The third kappa shape index (κ3) is 3.32. The Hall–Kier alpha value is -1.85. The van der Waals surface area contributed by atoms with Gasteiger partial charge in [-0.1, -0.05) is 42.5 Å². The molecule has 18 heavy (non-hydrogen) atoms. The quantitative estimate of drug-likeness (QED) is 0.508. The van der Waals surface area contributed by atoms with Crippen molar-refractivity contribution in [3.8, 4) is 0 Å². The van der Waals surface area contributed by atoms with E-state index in [1.165, 1.54) is 18.0 Å². The third-order valence-corrected chi connectivity index (χ3v) is 3.22. The average Bonchev–Trinajstić information content (AvgIpc) is 2.40. The number of rotatable bonds is 5. The summed E-state index contributed by atoms with van der Waals surface area (Å²) in [6, 6.07) is 16.6. The molecule has 0 bridgehead atoms. The van der Waals surface area contributed by atoms with Gasteiger partial charge in [-0.3, -0.25) is 14.8 Å². The molecule has 0 heterocycles. The van der Waals surface area contributed by atoms with Crippen LogP contribution in [0.15, 0.2) is 59.5 Å². The van der Waals surface area contributed by atoms with Gasteiger partial charge < -0.3 is 0 Å². The molecule has 0 spiro atoms. The van der Waals surface area contributed by atoms with Gasteiger partial charge in [-0.15, -0.1) is 0 Å². The van der Waals surface area contributed by atoms with Crippen molar-refractivity contribution in [2.24, 2.45) is 0 Å². The SMILES string of the molecule is O=[N+]([O-])c1ccccc1SNCc1ccccc1. The normalized spacial score (nSPS) is 10.2. The van der Waals surface area contributed by atoms with E-state index in [9.17, 15) is 10.1 Å². The number of nitrogens with zero attached hydrogens (tertiary/aromatic N) is 1. The number of hydrogen-bond donors (Lipinski definition) is 1. The molecular weight excluding hydrogens is 248 g/mol. The first-order chi connectivity index (χ1) is 8.77. The largest absolute Gasteiger partial charge is 0.284 e. The van der Waals surface area contributed by atoms with Gasteiger partial charge in [0.1, 0.15) is 4.90 Å². The highest BCUT2D eigenvalue weighted by molar-refractivity contribution is 7.97. The maximum atomic E-state index is 10.8. The fraction of sp³-hybridized carbons (Fsp3) is 0.0769. The van der Waals surface area contributed by atoms with Crippen LogP contribution >= 0.6 is 11.9 Å². The van der Waals surface area contributed by atoms with Crippen LogP contribution < -0.4 is 4.72 Å². The summed E-state index contributed by atoms with van der Waals surface area (Å²) in [5.41, 5.74) is 1.27. The van der Waals surface area contributed by atoms with Crippen LogP contribution in [0.2, 0.25) is 0 Å². The van der Waals surface area contributed by atoms with Crippen molar-refractivity contribution in [3.05, 3.63) is 70.3 Å². The molecule has 0 aromatic heterocycles. The summed E-state index contributed by atoms with van der Waals surface area (Å²) in [7, 11) is 0. The molecule has 2 aromatic rings. The Kier molecular flexibility index (Phi) is 4.33. The molecule has 0 aliphatic rings. The molecule has 2 rings (SSSR count). The van der Waals surface area contributed by atoms with Crippen LogP contribution in [0.3, 0.4) is 0 Å². The monoisotopic (exact) mass is 260 g/mol. The lowest BCUT2D eigenvalue weighted by atomic mass is 10.2. The van der Waals surface area contributed by atoms with E-state index in [0.717, 1.165) is 5.56 Å². The maximum Gasteiger partial charge on any atom is 0.284 e. The summed E-state index contributed by atoms with van der Waals surface area (Å²) >= 11 is 1.28. The first-order valence-corrected chi connectivity index (χ1v) is 6.26. The van der Waals surface area contributed by atoms with Gasteiger partial charge >= 0.3 is 0 Å². The van der Waals surface area contributed by atoms with Crippen LogP contribution in [0.5, 0.6) is 0 Å². The van der Waals surface area contributed by atoms with Crippen LogP contribution in [0.4, 0.5) is 5.69 Å². The van der Waals surface area contributed by atoms with E-state index in [0.29, 0.717) is 11.4 Å². The molecule has 0 fully saturated rings. The predicted molar refractivity (Wildman–Crippen MR) is 72.2 cm³/mol. The van der Waals surface area contributed by atoms with Crippen molar-refractivity contribution in [3.63, 3.8) is 0 Å². The van der Waals surface area contributed by atoms with Gasteiger partial charge in [-0.2, -0.15) is 0 Å². The average molecular weight is 260 g/mol. The third-order valence-electron chi connectivity index (χ3n) is 2.36. The zero-order valence-corrected chi connectivity index (χ0v) is 10.4. The molecule has 4 nitrogen and oxygen atoms in total. The van der Waals surface area contributed by atoms with E-state index >= 15 is 0 Å². The van der Waals surface area contributed by atoms with Crippen LogP contribution in [-0.2, 0) is 6.54 Å². The maximum absolute atomic E-state index is 10.8. The van der Waals surface area contributed by atoms with Gasteiger partial charge in [0.15, 0.2) is 0 Å². The summed E-state index contributed by atoms with van der Waals surface area (Å²) in [6.45, 7) is 0.664. The summed E-state index contributed by atoms with van der Waals surface area (Å²) in [5.74, 6) is 0. The van der Waals surface area contributed by atoms with E-state index in [1.807, 2.05) is 30.3 Å². The lowest BCUT2D eigenvalue weighted by molar-refractivity contribution is -0.387. The Morgan fingerprint density at radius 1 is 1.06 bits per heavy atom. The second kappa shape index (κ2) is 6.18. The van der Waals surface area contributed by atoms with Gasteiger partial charge in [-0.25, -0.2) is 0 Å². The number of nitrogens with one attached hydrogen (secondary N) is 1. The fourth-order valence-electron chi connectivity index (χ4n) is 1.49. The number of benzene rings is 2. The molecule has 92 valence electrons. The predicted octanol–water partition coefficient (Wildman–Crippen LogP) is 3.39. The zero-order valence-electron chi connectivity index (χ0n) is 9.58. The van der Waals surface area contributed by atoms with Crippen molar-refractivity contribution >= 4 is 17.6 Å². The van der Waals surface area contributed by atoms with Gasteiger partial charge in [0, 0.05) is 12.6 Å². The molecule has 0 radical (unpaired) electrons. The molecule has 0 unspecified atom stereocenters. The Morgan fingerprint density at radius 2 is 1.72 bits per heavy atom. The van der Waals surface area contributed by atoms with E-state index in [4.69, 9.17) is 0 Å². The minimum Gasteiger partial charge on any atom is -0.258 e. The molecular formula is C13H12N2O2S. The molecule has 0 atom stereocenters. The highest BCUT2D eigenvalue weighted by Crippen LogP contribution is 2.26. The van der Waals surface area contributed by atoms with Crippen molar-refractivity contribution in [1.29, 1.82) is 0 Å². The number of nitro groups is 1. The fourth-order valence-corrected chi connectivity index (χ4v) is 2.28. The van der Waals surface area contributed by atoms with E-state index in [1.54, 1.807) is 18.2 Å². The molecule has 0 amide bonds. The minimum absolute atomic E-state index is 0.128. The van der Waals surface area contributed by atoms with Crippen molar-refractivity contribution in [2.75, 3.05) is 0 Å². The van der Waals surface area contributed by atoms with Crippen LogP contribution in [0, 0.1) is 10.1 Å². The van der Waals surface area contributed by atoms with Crippen molar-refractivity contribution in [2.45, 2.75) is 11.4 Å². The summed E-state index contributed by atoms with van der Waals surface area (Å²) in [4.78, 5) is 11.1. The zero-order chi connectivity index (χ0) is 12.8. The minimum atomic E-state index is -0.369. The van der Waals surface area contributed by atoms with E-state index in [2.05, 4.69) is 4.72 Å². The smallest absolute Gasteiger partial charge is 0.258 e. The van der Waals surface area contributed by atoms with Gasteiger partial charge in [0.25, 0.3) is 5.69 Å². The second-order valence-corrected chi connectivity index (χ2v) is 4.57. The number of nitro benzene ring substituents is 1. The molecule has 0 aliphatic carbocycles. The molecule has 0 aliphatic heterocycles. The first-order valence-electron chi connectivity index (χ1n) is 5.44. The van der Waals surface area contributed by atoms with E-state index in [-0.39, 0.29) is 10.6 Å². The summed E-state index contributed by atoms with van der Waals surface area (Å²) in [6.07, 6.45) is 0.